The first kappa shape index (κ1) is 14.0. The fraction of sp³-hybridized carbons (Fsp3) is 0.188. The monoisotopic (exact) mass is 240 g/mol. The average Bonchev–Trinajstić information content (AvgIpc) is 2.32. The number of anilines is 1. The van der Waals surface area contributed by atoms with Gasteiger partial charge < -0.3 is 5.32 Å². The molecule has 0 unspecified atom stereocenters. The van der Waals surface area contributed by atoms with Crippen molar-refractivity contribution in [3.63, 3.8) is 0 Å². The van der Waals surface area contributed by atoms with Gasteiger partial charge in [0.2, 0.25) is 0 Å². The Labute approximate surface area is 109 Å². The Hall–Kier alpha value is -2.09. The minimum Gasteiger partial charge on any atom is -0.347 e. The van der Waals surface area contributed by atoms with Gasteiger partial charge in [-0.05, 0) is 42.7 Å². The predicted octanol–water partition coefficient (Wildman–Crippen LogP) is 4.04. The molecule has 0 amide bonds. The van der Waals surface area contributed by atoms with E-state index in [1.165, 1.54) is 11.1 Å². The molecule has 1 aromatic carbocycles. The molecule has 0 radical (unpaired) electrons. The molecule has 1 N–H and O–H groups in total. The highest BCUT2D eigenvalue weighted by Gasteiger charge is 1.93. The van der Waals surface area contributed by atoms with Crippen LogP contribution >= 0.6 is 0 Å². The zero-order chi connectivity index (χ0) is 13.4. The Morgan fingerprint density at radius 1 is 1.22 bits per heavy atom. The lowest BCUT2D eigenvalue weighted by molar-refractivity contribution is 1.19. The first-order chi connectivity index (χ1) is 8.65. The summed E-state index contributed by atoms with van der Waals surface area (Å²) in [4.78, 5) is 4.29. The second-order valence-electron chi connectivity index (χ2n) is 4.17. The van der Waals surface area contributed by atoms with E-state index in [2.05, 4.69) is 55.5 Å². The van der Waals surface area contributed by atoms with Gasteiger partial charge in [-0.3, -0.25) is 4.99 Å². The van der Waals surface area contributed by atoms with Gasteiger partial charge in [-0.2, -0.15) is 0 Å². The summed E-state index contributed by atoms with van der Waals surface area (Å²) in [5.41, 5.74) is 4.58. The molecule has 0 spiro atoms. The molecule has 0 atom stereocenters. The third-order valence-corrected chi connectivity index (χ3v) is 2.41. The number of benzene rings is 1. The molecule has 1 aromatic rings. The molecular formula is C16H20N2. The third kappa shape index (κ3) is 4.83. The van der Waals surface area contributed by atoms with Crippen molar-refractivity contribution in [1.82, 2.24) is 0 Å². The smallest absolute Gasteiger partial charge is 0.0872 e. The fourth-order valence-corrected chi connectivity index (χ4v) is 1.67. The molecule has 2 nitrogen and oxygen atoms in total. The number of hydrogen-bond donors (Lipinski definition) is 1. The van der Waals surface area contributed by atoms with Gasteiger partial charge in [0, 0.05) is 5.69 Å². The van der Waals surface area contributed by atoms with Crippen LogP contribution in [0.25, 0.3) is 0 Å². The predicted molar refractivity (Wildman–Crippen MR) is 81.4 cm³/mol. The van der Waals surface area contributed by atoms with Crippen molar-refractivity contribution in [2.75, 3.05) is 11.9 Å². The Balaban J connectivity index is 2.57. The number of allylic oxidation sites excluding steroid dienone is 2. The third-order valence-electron chi connectivity index (χ3n) is 2.41. The molecule has 0 aromatic heterocycles. The molecule has 18 heavy (non-hydrogen) atoms. The maximum absolute atomic E-state index is 4.29. The summed E-state index contributed by atoms with van der Waals surface area (Å²) in [6, 6.07) is 6.32. The Morgan fingerprint density at radius 3 is 2.44 bits per heavy atom. The van der Waals surface area contributed by atoms with Gasteiger partial charge in [-0.25, -0.2) is 0 Å². The maximum Gasteiger partial charge on any atom is 0.0872 e. The molecule has 0 aliphatic heterocycles. The minimum atomic E-state index is 0.604. The fourth-order valence-electron chi connectivity index (χ4n) is 1.67. The van der Waals surface area contributed by atoms with Crippen LogP contribution in [0.15, 0.2) is 60.2 Å². The lowest BCUT2D eigenvalue weighted by Crippen LogP contribution is -1.97. The van der Waals surface area contributed by atoms with Crippen LogP contribution in [0.2, 0.25) is 0 Å². The lowest BCUT2D eigenvalue weighted by atomic mass is 10.1. The minimum absolute atomic E-state index is 0.604. The van der Waals surface area contributed by atoms with Crippen LogP contribution in [0.3, 0.4) is 0 Å². The van der Waals surface area contributed by atoms with Gasteiger partial charge in [-0.1, -0.05) is 37.5 Å². The Bertz CT molecular complexity index is 462. The standard InChI is InChI=1S/C16H20N2/c1-5-7-15(6-2)11-17-12-18-16-9-13(3)8-14(4)10-16/h5-10,12H,1-2,11H2,3-4H3,(H,17,18)/b15-7+. The highest BCUT2D eigenvalue weighted by Crippen LogP contribution is 2.12. The van der Waals surface area contributed by atoms with Gasteiger partial charge in [0.15, 0.2) is 0 Å². The van der Waals surface area contributed by atoms with Gasteiger partial charge in [0.05, 0.1) is 12.9 Å². The quantitative estimate of drug-likeness (QED) is 0.453. The number of hydrogen-bond acceptors (Lipinski definition) is 1. The first-order valence-electron chi connectivity index (χ1n) is 5.93. The molecule has 0 saturated carbocycles. The summed E-state index contributed by atoms with van der Waals surface area (Å²) in [6.07, 6.45) is 7.15. The molecule has 0 fully saturated rings. The molecule has 0 heterocycles. The van der Waals surface area contributed by atoms with Crippen molar-refractivity contribution in [3.05, 3.63) is 66.3 Å². The highest BCUT2D eigenvalue weighted by molar-refractivity contribution is 5.76. The molecule has 0 saturated heterocycles. The topological polar surface area (TPSA) is 24.4 Å². The highest BCUT2D eigenvalue weighted by atomic mass is 14.9. The average molecular weight is 240 g/mol. The van der Waals surface area contributed by atoms with Crippen molar-refractivity contribution >= 4 is 12.0 Å². The summed E-state index contributed by atoms with van der Waals surface area (Å²) in [5.74, 6) is 0. The number of aliphatic imine (C=N–C) groups is 1. The van der Waals surface area contributed by atoms with E-state index in [1.807, 2.05) is 6.08 Å². The van der Waals surface area contributed by atoms with Gasteiger partial charge >= 0.3 is 0 Å². The summed E-state index contributed by atoms with van der Waals surface area (Å²) < 4.78 is 0. The normalized spacial score (nSPS) is 11.6. The van der Waals surface area contributed by atoms with Gasteiger partial charge in [0.1, 0.15) is 0 Å². The van der Waals surface area contributed by atoms with Crippen LogP contribution in [0.5, 0.6) is 0 Å². The van der Waals surface area contributed by atoms with E-state index in [1.54, 1.807) is 18.5 Å². The van der Waals surface area contributed by atoms with Crippen LogP contribution in [0.4, 0.5) is 5.69 Å². The Morgan fingerprint density at radius 2 is 1.89 bits per heavy atom. The SMILES string of the molecule is C=C/C=C(\C=C)CN=CNc1cc(C)cc(C)c1. The second-order valence-corrected chi connectivity index (χ2v) is 4.17. The van der Waals surface area contributed by atoms with Crippen molar-refractivity contribution in [3.8, 4) is 0 Å². The molecule has 0 bridgehead atoms. The zero-order valence-electron chi connectivity index (χ0n) is 11.1. The zero-order valence-corrected chi connectivity index (χ0v) is 11.1. The van der Waals surface area contributed by atoms with E-state index in [0.29, 0.717) is 6.54 Å². The first-order valence-corrected chi connectivity index (χ1v) is 5.93. The van der Waals surface area contributed by atoms with E-state index in [0.717, 1.165) is 11.3 Å². The lowest BCUT2D eigenvalue weighted by Gasteiger charge is -2.04. The summed E-state index contributed by atoms with van der Waals surface area (Å²) in [7, 11) is 0. The second kappa shape index (κ2) is 7.28. The van der Waals surface area contributed by atoms with E-state index in [-0.39, 0.29) is 0 Å². The number of rotatable bonds is 6. The van der Waals surface area contributed by atoms with Crippen LogP contribution in [-0.4, -0.2) is 12.9 Å². The van der Waals surface area contributed by atoms with E-state index >= 15 is 0 Å². The number of nitrogens with zero attached hydrogens (tertiary/aromatic N) is 1. The van der Waals surface area contributed by atoms with Gasteiger partial charge in [0.25, 0.3) is 0 Å². The van der Waals surface area contributed by atoms with Crippen molar-refractivity contribution in [2.45, 2.75) is 13.8 Å². The van der Waals surface area contributed by atoms with E-state index in [9.17, 15) is 0 Å². The molecule has 0 aliphatic carbocycles. The number of aryl methyl sites for hydroxylation is 2. The Kier molecular flexibility index (Phi) is 5.65. The largest absolute Gasteiger partial charge is 0.347 e. The number of nitrogens with one attached hydrogen (secondary N) is 1. The molecule has 1 rings (SSSR count). The summed E-state index contributed by atoms with van der Waals surface area (Å²) in [6.45, 7) is 12.1. The van der Waals surface area contributed by atoms with Crippen molar-refractivity contribution in [2.24, 2.45) is 4.99 Å². The molecule has 94 valence electrons. The van der Waals surface area contributed by atoms with E-state index < -0.39 is 0 Å². The molecule has 2 heteroatoms. The van der Waals surface area contributed by atoms with Gasteiger partial charge in [-0.15, -0.1) is 0 Å². The van der Waals surface area contributed by atoms with E-state index in [4.69, 9.17) is 0 Å². The van der Waals surface area contributed by atoms with Crippen LogP contribution in [-0.2, 0) is 0 Å². The van der Waals surface area contributed by atoms with Crippen LogP contribution < -0.4 is 5.32 Å². The van der Waals surface area contributed by atoms with Crippen LogP contribution in [0.1, 0.15) is 11.1 Å². The summed E-state index contributed by atoms with van der Waals surface area (Å²) in [5, 5.41) is 3.17. The maximum atomic E-state index is 4.29. The molecule has 0 aliphatic rings. The van der Waals surface area contributed by atoms with Crippen LogP contribution in [0, 0.1) is 13.8 Å². The molecular weight excluding hydrogens is 220 g/mol. The van der Waals surface area contributed by atoms with Crippen molar-refractivity contribution < 1.29 is 0 Å². The summed E-state index contributed by atoms with van der Waals surface area (Å²) >= 11 is 0. The van der Waals surface area contributed by atoms with Crippen molar-refractivity contribution in [1.29, 1.82) is 0 Å².